The normalized spacial score (nSPS) is 14.6. The van der Waals surface area contributed by atoms with Gasteiger partial charge in [-0.1, -0.05) is 129 Å². The number of anilines is 2. The van der Waals surface area contributed by atoms with Crippen molar-refractivity contribution in [3.05, 3.63) is 185 Å². The molecule has 49 heavy (non-hydrogen) atoms. The van der Waals surface area contributed by atoms with Gasteiger partial charge in [-0.2, -0.15) is 0 Å². The first kappa shape index (κ1) is 28.4. The number of allylic oxidation sites excluding steroid dienone is 1. The zero-order chi connectivity index (χ0) is 32.5. The van der Waals surface area contributed by atoms with Gasteiger partial charge in [0.2, 0.25) is 0 Å². The largest absolute Gasteiger partial charge is 0.344 e. The number of aromatic nitrogens is 1. The third-order valence-electron chi connectivity index (χ3n) is 11.3. The van der Waals surface area contributed by atoms with Crippen LogP contribution in [0.4, 0.5) is 11.4 Å². The minimum Gasteiger partial charge on any atom is -0.344 e. The van der Waals surface area contributed by atoms with Gasteiger partial charge < -0.3 is 9.47 Å². The Bertz CT molecular complexity index is 2380. The van der Waals surface area contributed by atoms with Crippen molar-refractivity contribution < 1.29 is 0 Å². The topological polar surface area (TPSA) is 8.17 Å². The number of fused-ring (bicyclic) bond motifs is 13. The van der Waals surface area contributed by atoms with Crippen LogP contribution in [0, 0.1) is 0 Å². The van der Waals surface area contributed by atoms with Crippen molar-refractivity contribution in [3.63, 3.8) is 0 Å². The number of hydrogen-bond acceptors (Lipinski definition) is 1. The average molecular weight is 631 g/mol. The molecule has 1 aromatic heterocycles. The molecule has 236 valence electrons. The van der Waals surface area contributed by atoms with Crippen LogP contribution in [-0.2, 0) is 18.4 Å². The molecule has 3 aliphatic rings. The van der Waals surface area contributed by atoms with E-state index in [0.717, 1.165) is 19.4 Å². The van der Waals surface area contributed by atoms with Gasteiger partial charge in [-0.05, 0) is 100 Å². The Morgan fingerprint density at radius 2 is 1.16 bits per heavy atom. The zero-order valence-electron chi connectivity index (χ0n) is 27.9. The lowest BCUT2D eigenvalue weighted by molar-refractivity contribution is 0.620. The van der Waals surface area contributed by atoms with Crippen LogP contribution in [0.5, 0.6) is 0 Å². The van der Waals surface area contributed by atoms with Crippen LogP contribution in [0.1, 0.15) is 59.7 Å². The molecule has 1 heterocycles. The van der Waals surface area contributed by atoms with E-state index in [2.05, 4.69) is 168 Å². The summed E-state index contributed by atoms with van der Waals surface area (Å²) in [5, 5.41) is 1.36. The highest BCUT2D eigenvalue weighted by Crippen LogP contribution is 2.63. The summed E-state index contributed by atoms with van der Waals surface area (Å²) in [5.74, 6) is 0. The molecule has 3 aliphatic carbocycles. The molecule has 0 bridgehead atoms. The summed E-state index contributed by atoms with van der Waals surface area (Å²) in [7, 11) is 0. The van der Waals surface area contributed by atoms with Crippen LogP contribution in [0.2, 0.25) is 0 Å². The van der Waals surface area contributed by atoms with Gasteiger partial charge in [0.15, 0.2) is 0 Å². The summed E-state index contributed by atoms with van der Waals surface area (Å²) in [5.41, 5.74) is 18.5. The molecule has 0 atom stereocenters. The molecular formula is C47H38N2. The van der Waals surface area contributed by atoms with E-state index in [-0.39, 0.29) is 5.41 Å². The molecular weight excluding hydrogens is 593 g/mol. The fourth-order valence-corrected chi connectivity index (χ4v) is 9.33. The second-order valence-electron chi connectivity index (χ2n) is 13.8. The van der Waals surface area contributed by atoms with Crippen LogP contribution in [-0.4, -0.2) is 4.57 Å². The smallest absolute Gasteiger partial charge is 0.0726 e. The van der Waals surface area contributed by atoms with Crippen molar-refractivity contribution in [3.8, 4) is 22.3 Å². The third kappa shape index (κ3) is 3.95. The predicted octanol–water partition coefficient (Wildman–Crippen LogP) is 11.9. The van der Waals surface area contributed by atoms with Crippen molar-refractivity contribution in [2.45, 2.75) is 44.6 Å². The fourth-order valence-electron chi connectivity index (χ4n) is 9.33. The lowest BCUT2D eigenvalue weighted by atomic mass is 9.70. The highest BCUT2D eigenvalue weighted by atomic mass is 15.2. The van der Waals surface area contributed by atoms with Crippen LogP contribution < -0.4 is 4.90 Å². The second-order valence-corrected chi connectivity index (χ2v) is 13.8. The molecule has 0 saturated carbocycles. The Kier molecular flexibility index (Phi) is 6.36. The minimum absolute atomic E-state index is 0.363. The maximum absolute atomic E-state index is 2.60. The molecule has 0 radical (unpaired) electrons. The number of rotatable bonds is 6. The van der Waals surface area contributed by atoms with Gasteiger partial charge in [0.1, 0.15) is 0 Å². The maximum Gasteiger partial charge on any atom is 0.0726 e. The molecule has 0 amide bonds. The Morgan fingerprint density at radius 3 is 1.84 bits per heavy atom. The Morgan fingerprint density at radius 1 is 0.571 bits per heavy atom. The number of benzene rings is 6. The van der Waals surface area contributed by atoms with E-state index < -0.39 is 0 Å². The molecule has 7 aromatic rings. The SMILES string of the molecule is CCCCn1c2c(c3ccccc31)C=C(N(c1ccccc1)c1ccc3c(c1)C1(c4ccccc4-c4ccccc41)c1ccccc1-3)CC2. The first-order valence-corrected chi connectivity index (χ1v) is 17.9. The maximum atomic E-state index is 2.60. The van der Waals surface area contributed by atoms with Crippen molar-refractivity contribution in [2.24, 2.45) is 0 Å². The summed E-state index contributed by atoms with van der Waals surface area (Å²) >= 11 is 0. The van der Waals surface area contributed by atoms with Gasteiger partial charge in [-0.3, -0.25) is 0 Å². The van der Waals surface area contributed by atoms with Crippen LogP contribution >= 0.6 is 0 Å². The quantitative estimate of drug-likeness (QED) is 0.177. The summed E-state index contributed by atoms with van der Waals surface area (Å²) < 4.78 is 2.60. The average Bonchev–Trinajstić information content (AvgIpc) is 3.76. The van der Waals surface area contributed by atoms with Gasteiger partial charge >= 0.3 is 0 Å². The van der Waals surface area contributed by atoms with Gasteiger partial charge in [-0.25, -0.2) is 0 Å². The number of hydrogen-bond donors (Lipinski definition) is 0. The van der Waals surface area contributed by atoms with Crippen molar-refractivity contribution in [2.75, 3.05) is 4.90 Å². The minimum atomic E-state index is -0.363. The standard InChI is InChI=1S/C47H38N2/c1-2-3-29-48-45-24-14-10-20-39(45)40-30-33(26-28-46(40)48)49(32-15-5-4-6-16-32)34-25-27-38-37-19-9-13-23-43(37)47(44(38)31-34)41-21-11-7-17-35(41)36-18-8-12-22-42(36)47/h4-25,27,30-31H,2-3,26,28-29H2,1H3. The number of para-hydroxylation sites is 2. The van der Waals surface area contributed by atoms with E-state index in [1.807, 2.05) is 0 Å². The first-order chi connectivity index (χ1) is 24.3. The fraction of sp³-hybridized carbons (Fsp3) is 0.149. The van der Waals surface area contributed by atoms with Crippen molar-refractivity contribution in [1.82, 2.24) is 4.57 Å². The molecule has 10 rings (SSSR count). The number of unbranched alkanes of at least 4 members (excludes halogenated alkanes) is 1. The van der Waals surface area contributed by atoms with Gasteiger partial charge in [0, 0.05) is 45.8 Å². The van der Waals surface area contributed by atoms with E-state index in [1.54, 1.807) is 0 Å². The summed E-state index contributed by atoms with van der Waals surface area (Å²) in [6, 6.07) is 54.5. The van der Waals surface area contributed by atoms with E-state index in [4.69, 9.17) is 0 Å². The Balaban J connectivity index is 1.21. The molecule has 0 fully saturated rings. The van der Waals surface area contributed by atoms with E-state index in [0.29, 0.717) is 0 Å². The lowest BCUT2D eigenvalue weighted by Gasteiger charge is -2.33. The summed E-state index contributed by atoms with van der Waals surface area (Å²) in [4.78, 5) is 2.53. The molecule has 0 N–H and O–H groups in total. The van der Waals surface area contributed by atoms with Crippen molar-refractivity contribution >= 4 is 28.4 Å². The van der Waals surface area contributed by atoms with Gasteiger partial charge in [-0.15, -0.1) is 0 Å². The van der Waals surface area contributed by atoms with Gasteiger partial charge in [0.25, 0.3) is 0 Å². The molecule has 2 heteroatoms. The Labute approximate surface area is 288 Å². The molecule has 1 spiro atoms. The van der Waals surface area contributed by atoms with E-state index in [1.165, 1.54) is 96.6 Å². The van der Waals surface area contributed by atoms with E-state index in [9.17, 15) is 0 Å². The molecule has 2 nitrogen and oxygen atoms in total. The number of nitrogens with zero attached hydrogens (tertiary/aromatic N) is 2. The van der Waals surface area contributed by atoms with Crippen LogP contribution in [0.25, 0.3) is 39.2 Å². The monoisotopic (exact) mass is 630 g/mol. The summed E-state index contributed by atoms with van der Waals surface area (Å²) in [6.45, 7) is 3.37. The molecule has 0 aliphatic heterocycles. The highest BCUT2D eigenvalue weighted by Gasteiger charge is 2.51. The number of aryl methyl sites for hydroxylation is 1. The zero-order valence-corrected chi connectivity index (χ0v) is 27.9. The second kappa shape index (κ2) is 11.0. The highest BCUT2D eigenvalue weighted by molar-refractivity contribution is 5.97. The van der Waals surface area contributed by atoms with Gasteiger partial charge in [0.05, 0.1) is 5.41 Å². The van der Waals surface area contributed by atoms with E-state index >= 15 is 0 Å². The van der Waals surface area contributed by atoms with Crippen LogP contribution in [0.3, 0.4) is 0 Å². The molecule has 0 saturated heterocycles. The molecule has 6 aromatic carbocycles. The first-order valence-electron chi connectivity index (χ1n) is 17.9. The summed E-state index contributed by atoms with van der Waals surface area (Å²) in [6.07, 6.45) is 6.91. The lowest BCUT2D eigenvalue weighted by Crippen LogP contribution is -2.26. The molecule has 0 unspecified atom stereocenters. The third-order valence-corrected chi connectivity index (χ3v) is 11.3. The predicted molar refractivity (Wildman–Crippen MR) is 204 cm³/mol. The Hall–Kier alpha value is -5.60. The van der Waals surface area contributed by atoms with Crippen LogP contribution in [0.15, 0.2) is 151 Å². The van der Waals surface area contributed by atoms with Crippen molar-refractivity contribution in [1.29, 1.82) is 0 Å².